The third-order valence-electron chi connectivity index (χ3n) is 1.83. The van der Waals surface area contributed by atoms with Gasteiger partial charge in [-0.1, -0.05) is 0 Å². The Balaban J connectivity index is 0.00000196. The predicted octanol–water partition coefficient (Wildman–Crippen LogP) is 1.42. The number of nitrogens with two attached hydrogens (primary N) is 1. The summed E-state index contributed by atoms with van der Waals surface area (Å²) >= 11 is 0. The van der Waals surface area contributed by atoms with Crippen LogP contribution in [0.5, 0.6) is 17.2 Å². The van der Waals surface area contributed by atoms with Gasteiger partial charge >= 0.3 is 0 Å². The van der Waals surface area contributed by atoms with E-state index in [1.54, 1.807) is 33.5 Å². The molecule has 0 aromatic heterocycles. The number of hydrogen-bond donors (Lipinski definition) is 2. The smallest absolute Gasteiger partial charge is 0.203 e. The van der Waals surface area contributed by atoms with Crippen LogP contribution in [-0.2, 0) is 0 Å². The Morgan fingerprint density at radius 2 is 1.47 bits per heavy atom. The minimum atomic E-state index is 0. The highest BCUT2D eigenvalue weighted by Gasteiger charge is 2.12. The SMILES string of the molecule is COc1cc(NN)cc(OC)c1OC.Cl. The lowest BCUT2D eigenvalue weighted by atomic mass is 10.2. The van der Waals surface area contributed by atoms with Gasteiger partial charge in [0.05, 0.1) is 27.0 Å². The summed E-state index contributed by atoms with van der Waals surface area (Å²) in [6.07, 6.45) is 0. The van der Waals surface area contributed by atoms with Gasteiger partial charge in [-0.2, -0.15) is 0 Å². The molecule has 0 heterocycles. The van der Waals surface area contributed by atoms with Crippen LogP contribution in [0.2, 0.25) is 0 Å². The molecule has 0 atom stereocenters. The molecule has 1 aromatic carbocycles. The van der Waals surface area contributed by atoms with E-state index in [1.807, 2.05) is 0 Å². The zero-order valence-corrected chi connectivity index (χ0v) is 9.68. The molecule has 1 rings (SSSR count). The van der Waals surface area contributed by atoms with Crippen LogP contribution in [0.4, 0.5) is 5.69 Å². The van der Waals surface area contributed by atoms with E-state index in [1.165, 1.54) is 0 Å². The molecule has 3 N–H and O–H groups in total. The number of benzene rings is 1. The first-order valence-corrected chi connectivity index (χ1v) is 4.03. The maximum Gasteiger partial charge on any atom is 0.203 e. The second-order valence-electron chi connectivity index (χ2n) is 2.56. The first-order valence-electron chi connectivity index (χ1n) is 4.03. The van der Waals surface area contributed by atoms with Crippen LogP contribution >= 0.6 is 12.4 Å². The second kappa shape index (κ2) is 6.21. The molecule has 0 saturated heterocycles. The van der Waals surface area contributed by atoms with Crippen molar-refractivity contribution in [2.24, 2.45) is 5.84 Å². The van der Waals surface area contributed by atoms with Gasteiger partial charge in [-0.3, -0.25) is 5.84 Å². The third kappa shape index (κ3) is 2.81. The van der Waals surface area contributed by atoms with Crippen molar-refractivity contribution in [3.63, 3.8) is 0 Å². The molecule has 1 aromatic rings. The number of nitrogens with one attached hydrogen (secondary N) is 1. The van der Waals surface area contributed by atoms with Crippen molar-refractivity contribution in [2.45, 2.75) is 0 Å². The summed E-state index contributed by atoms with van der Waals surface area (Å²) in [4.78, 5) is 0. The standard InChI is InChI=1S/C9H14N2O3.ClH/c1-12-7-4-6(11-10)5-8(13-2)9(7)14-3;/h4-5,11H,10H2,1-3H3;1H. The summed E-state index contributed by atoms with van der Waals surface area (Å²) in [5, 5.41) is 0. The van der Waals surface area contributed by atoms with Crippen LogP contribution in [-0.4, -0.2) is 21.3 Å². The molecule has 0 amide bonds. The molecular formula is C9H15ClN2O3. The number of halogens is 1. The lowest BCUT2D eigenvalue weighted by molar-refractivity contribution is 0.324. The number of nitrogen functional groups attached to an aromatic ring is 1. The van der Waals surface area contributed by atoms with Crippen molar-refractivity contribution in [3.8, 4) is 17.2 Å². The van der Waals surface area contributed by atoms with Crippen LogP contribution in [0, 0.1) is 0 Å². The lowest BCUT2D eigenvalue weighted by Gasteiger charge is -2.13. The van der Waals surface area contributed by atoms with Gasteiger partial charge < -0.3 is 19.6 Å². The largest absolute Gasteiger partial charge is 0.493 e. The number of anilines is 1. The van der Waals surface area contributed by atoms with Gasteiger partial charge in [-0.05, 0) is 0 Å². The van der Waals surface area contributed by atoms with E-state index in [4.69, 9.17) is 20.1 Å². The van der Waals surface area contributed by atoms with Gasteiger partial charge in [-0.15, -0.1) is 12.4 Å². The van der Waals surface area contributed by atoms with Gasteiger partial charge in [0.15, 0.2) is 11.5 Å². The summed E-state index contributed by atoms with van der Waals surface area (Å²) in [6, 6.07) is 3.45. The molecule has 0 radical (unpaired) electrons. The molecular weight excluding hydrogens is 220 g/mol. The normalized spacial score (nSPS) is 8.80. The van der Waals surface area contributed by atoms with E-state index in [2.05, 4.69) is 5.43 Å². The minimum Gasteiger partial charge on any atom is -0.493 e. The van der Waals surface area contributed by atoms with E-state index in [0.29, 0.717) is 22.9 Å². The van der Waals surface area contributed by atoms with E-state index >= 15 is 0 Å². The molecule has 15 heavy (non-hydrogen) atoms. The van der Waals surface area contributed by atoms with Crippen LogP contribution < -0.4 is 25.5 Å². The molecule has 0 fully saturated rings. The van der Waals surface area contributed by atoms with E-state index in [-0.39, 0.29) is 12.4 Å². The average molecular weight is 235 g/mol. The van der Waals surface area contributed by atoms with E-state index in [0.717, 1.165) is 0 Å². The Kier molecular flexibility index (Phi) is 5.66. The summed E-state index contributed by atoms with van der Waals surface area (Å²) in [5.41, 5.74) is 3.21. The molecule has 0 aliphatic rings. The fraction of sp³-hybridized carbons (Fsp3) is 0.333. The third-order valence-corrected chi connectivity index (χ3v) is 1.83. The first-order chi connectivity index (χ1) is 6.76. The van der Waals surface area contributed by atoms with Gasteiger partial charge in [0.25, 0.3) is 0 Å². The monoisotopic (exact) mass is 234 g/mol. The van der Waals surface area contributed by atoms with Crippen molar-refractivity contribution >= 4 is 18.1 Å². The summed E-state index contributed by atoms with van der Waals surface area (Å²) in [6.45, 7) is 0. The van der Waals surface area contributed by atoms with Crippen LogP contribution in [0.15, 0.2) is 12.1 Å². The molecule has 6 heteroatoms. The Morgan fingerprint density at radius 1 is 1.00 bits per heavy atom. The van der Waals surface area contributed by atoms with Gasteiger partial charge in [0.2, 0.25) is 5.75 Å². The number of hydrazine groups is 1. The zero-order valence-electron chi connectivity index (χ0n) is 8.87. The predicted molar refractivity (Wildman–Crippen MR) is 61.2 cm³/mol. The fourth-order valence-electron chi connectivity index (χ4n) is 1.16. The van der Waals surface area contributed by atoms with Crippen molar-refractivity contribution in [1.29, 1.82) is 0 Å². The number of hydrogen-bond acceptors (Lipinski definition) is 5. The average Bonchev–Trinajstić information content (AvgIpc) is 2.26. The number of methoxy groups -OCH3 is 3. The van der Waals surface area contributed by atoms with E-state index < -0.39 is 0 Å². The molecule has 0 saturated carbocycles. The Morgan fingerprint density at radius 3 is 1.73 bits per heavy atom. The number of ether oxygens (including phenoxy) is 3. The van der Waals surface area contributed by atoms with Crippen molar-refractivity contribution in [2.75, 3.05) is 26.8 Å². The van der Waals surface area contributed by atoms with Gasteiger partial charge in [0, 0.05) is 12.1 Å². The zero-order chi connectivity index (χ0) is 10.6. The second-order valence-corrected chi connectivity index (χ2v) is 2.56. The molecule has 5 nitrogen and oxygen atoms in total. The van der Waals surface area contributed by atoms with Gasteiger partial charge in [0.1, 0.15) is 0 Å². The summed E-state index contributed by atoms with van der Waals surface area (Å²) in [7, 11) is 4.66. The van der Waals surface area contributed by atoms with Crippen LogP contribution in [0.1, 0.15) is 0 Å². The van der Waals surface area contributed by atoms with Crippen molar-refractivity contribution < 1.29 is 14.2 Å². The molecule has 0 aliphatic carbocycles. The Hall–Kier alpha value is -1.33. The molecule has 86 valence electrons. The number of rotatable bonds is 4. The maximum atomic E-state index is 5.29. The Bertz CT molecular complexity index is 295. The lowest BCUT2D eigenvalue weighted by Crippen LogP contribution is -2.07. The maximum absolute atomic E-state index is 5.29. The highest BCUT2D eigenvalue weighted by Crippen LogP contribution is 2.39. The highest BCUT2D eigenvalue weighted by molar-refractivity contribution is 5.85. The summed E-state index contributed by atoms with van der Waals surface area (Å²) in [5.74, 6) is 6.98. The molecule has 0 aliphatic heterocycles. The fourth-order valence-corrected chi connectivity index (χ4v) is 1.16. The van der Waals surface area contributed by atoms with Crippen LogP contribution in [0.3, 0.4) is 0 Å². The Labute approximate surface area is 94.9 Å². The van der Waals surface area contributed by atoms with Crippen molar-refractivity contribution in [1.82, 2.24) is 0 Å². The molecule has 0 spiro atoms. The summed E-state index contributed by atoms with van der Waals surface area (Å²) < 4.78 is 15.4. The minimum absolute atomic E-state index is 0. The molecule has 0 unspecified atom stereocenters. The quantitative estimate of drug-likeness (QED) is 0.609. The van der Waals surface area contributed by atoms with E-state index in [9.17, 15) is 0 Å². The van der Waals surface area contributed by atoms with Crippen molar-refractivity contribution in [3.05, 3.63) is 12.1 Å². The van der Waals surface area contributed by atoms with Crippen LogP contribution in [0.25, 0.3) is 0 Å². The topological polar surface area (TPSA) is 65.7 Å². The highest BCUT2D eigenvalue weighted by atomic mass is 35.5. The first kappa shape index (κ1) is 13.7. The molecule has 0 bridgehead atoms. The van der Waals surface area contributed by atoms with Gasteiger partial charge in [-0.25, -0.2) is 0 Å².